The van der Waals surface area contributed by atoms with E-state index in [0.717, 1.165) is 23.5 Å². The highest BCUT2D eigenvalue weighted by Gasteiger charge is 2.27. The van der Waals surface area contributed by atoms with E-state index in [2.05, 4.69) is 5.32 Å². The Morgan fingerprint density at radius 3 is 2.55 bits per heavy atom. The van der Waals surface area contributed by atoms with Crippen LogP contribution in [0.2, 0.25) is 0 Å². The molecular weight excluding hydrogens is 458 g/mol. The summed E-state index contributed by atoms with van der Waals surface area (Å²) in [5.41, 5.74) is 5.69. The quantitative estimate of drug-likeness (QED) is 0.462. The Morgan fingerprint density at radius 2 is 1.91 bits per heavy atom. The second-order valence-corrected chi connectivity index (χ2v) is 8.18. The number of primary amides is 1. The Balaban J connectivity index is 1.76. The highest BCUT2D eigenvalue weighted by Crippen LogP contribution is 2.34. The minimum absolute atomic E-state index is 0.0257. The van der Waals surface area contributed by atoms with Crippen molar-refractivity contribution < 1.29 is 37.1 Å². The molecule has 0 saturated heterocycles. The van der Waals surface area contributed by atoms with Crippen LogP contribution in [-0.2, 0) is 11.3 Å². The number of nitrogens with one attached hydrogen (secondary N) is 1. The van der Waals surface area contributed by atoms with Gasteiger partial charge in [-0.1, -0.05) is 0 Å². The average molecular weight is 478 g/mol. The summed E-state index contributed by atoms with van der Waals surface area (Å²) in [7, 11) is 0. The van der Waals surface area contributed by atoms with E-state index >= 15 is 0 Å². The Morgan fingerprint density at radius 1 is 1.18 bits per heavy atom. The van der Waals surface area contributed by atoms with Gasteiger partial charge in [0.15, 0.2) is 17.3 Å². The first kappa shape index (κ1) is 23.9. The molecule has 3 aromatic rings. The predicted octanol–water partition coefficient (Wildman–Crippen LogP) is 4.42. The molecular formula is C22H20F2N2O6S. The van der Waals surface area contributed by atoms with E-state index in [-0.39, 0.29) is 39.3 Å². The fraction of sp³-hybridized carbons (Fsp3) is 0.227. The van der Waals surface area contributed by atoms with Crippen molar-refractivity contribution in [2.75, 3.05) is 5.32 Å². The van der Waals surface area contributed by atoms with Crippen LogP contribution >= 0.6 is 11.3 Å². The molecule has 1 aromatic carbocycles. The first-order valence-electron chi connectivity index (χ1n) is 9.69. The van der Waals surface area contributed by atoms with E-state index in [1.54, 1.807) is 13.8 Å². The molecule has 0 fully saturated rings. The Hall–Kier alpha value is -3.73. The molecule has 2 aromatic heterocycles. The topological polar surface area (TPSA) is 121 Å². The third-order valence-corrected chi connectivity index (χ3v) is 5.52. The number of esters is 1. The molecule has 0 radical (unpaired) electrons. The van der Waals surface area contributed by atoms with Gasteiger partial charge in [0.25, 0.3) is 11.8 Å². The summed E-state index contributed by atoms with van der Waals surface area (Å²) in [5, 5.41) is 2.62. The van der Waals surface area contributed by atoms with Gasteiger partial charge in [0.2, 0.25) is 0 Å². The molecule has 0 bridgehead atoms. The van der Waals surface area contributed by atoms with Crippen molar-refractivity contribution in [3.8, 4) is 5.75 Å². The monoisotopic (exact) mass is 478 g/mol. The Bertz CT molecular complexity index is 1220. The summed E-state index contributed by atoms with van der Waals surface area (Å²) >= 11 is 0.844. The van der Waals surface area contributed by atoms with E-state index in [4.69, 9.17) is 19.6 Å². The molecule has 3 rings (SSSR count). The van der Waals surface area contributed by atoms with Gasteiger partial charge in [-0.3, -0.25) is 9.59 Å². The Labute approximate surface area is 191 Å². The largest absolute Gasteiger partial charge is 0.483 e. The van der Waals surface area contributed by atoms with Gasteiger partial charge in [0, 0.05) is 6.07 Å². The number of halogens is 2. The highest BCUT2D eigenvalue weighted by atomic mass is 32.1. The van der Waals surface area contributed by atoms with Crippen LogP contribution in [0, 0.1) is 18.6 Å². The maximum Gasteiger partial charge on any atom is 0.341 e. The van der Waals surface area contributed by atoms with Crippen LogP contribution in [0.3, 0.4) is 0 Å². The number of thiophene rings is 1. The van der Waals surface area contributed by atoms with Crippen molar-refractivity contribution in [3.05, 3.63) is 69.5 Å². The van der Waals surface area contributed by atoms with Crippen molar-refractivity contribution >= 4 is 34.1 Å². The van der Waals surface area contributed by atoms with E-state index in [9.17, 15) is 23.2 Å². The third kappa shape index (κ3) is 5.55. The second-order valence-electron chi connectivity index (χ2n) is 7.16. The third-order valence-electron chi connectivity index (χ3n) is 4.29. The standard InChI is InChI=1S/C22H20F2N2O6S/c1-10(2)31-22(29)17-11(3)18(19(25)27)33-21(17)26-20(28)16-7-5-13(32-16)9-30-15-6-4-12(23)8-14(15)24/h4-8,10H,9H2,1-3H3,(H2,25,27)(H,26,28). The maximum absolute atomic E-state index is 13.7. The van der Waals surface area contributed by atoms with Gasteiger partial charge in [-0.15, -0.1) is 11.3 Å². The van der Waals surface area contributed by atoms with Crippen molar-refractivity contribution in [2.45, 2.75) is 33.5 Å². The van der Waals surface area contributed by atoms with E-state index < -0.39 is 35.5 Å². The minimum Gasteiger partial charge on any atom is -0.483 e. The number of amides is 2. The van der Waals surface area contributed by atoms with Crippen molar-refractivity contribution in [3.63, 3.8) is 0 Å². The van der Waals surface area contributed by atoms with Crippen LogP contribution in [0.25, 0.3) is 0 Å². The van der Waals surface area contributed by atoms with Crippen molar-refractivity contribution in [1.29, 1.82) is 0 Å². The molecule has 0 aliphatic rings. The first-order chi connectivity index (χ1) is 15.6. The number of carbonyl (C=O) groups is 3. The number of anilines is 1. The summed E-state index contributed by atoms with van der Waals surface area (Å²) in [6, 6.07) is 5.66. The number of ether oxygens (including phenoxy) is 2. The van der Waals surface area contributed by atoms with Crippen LogP contribution in [0.1, 0.15) is 55.8 Å². The van der Waals surface area contributed by atoms with E-state index in [0.29, 0.717) is 11.6 Å². The number of hydrogen-bond acceptors (Lipinski definition) is 7. The van der Waals surface area contributed by atoms with Gasteiger partial charge in [0.05, 0.1) is 16.5 Å². The normalized spacial score (nSPS) is 10.8. The van der Waals surface area contributed by atoms with E-state index in [1.165, 1.54) is 19.1 Å². The number of rotatable bonds is 8. The minimum atomic E-state index is -0.876. The molecule has 11 heteroatoms. The number of benzene rings is 1. The molecule has 2 amide bonds. The van der Waals surface area contributed by atoms with Crippen LogP contribution < -0.4 is 15.8 Å². The van der Waals surface area contributed by atoms with Gasteiger partial charge in [-0.2, -0.15) is 0 Å². The number of hydrogen-bond donors (Lipinski definition) is 2. The summed E-state index contributed by atoms with van der Waals surface area (Å²) < 4.78 is 42.5. The highest BCUT2D eigenvalue weighted by molar-refractivity contribution is 7.18. The summed E-state index contributed by atoms with van der Waals surface area (Å²) in [6.45, 7) is 4.64. The molecule has 174 valence electrons. The molecule has 33 heavy (non-hydrogen) atoms. The smallest absolute Gasteiger partial charge is 0.341 e. The van der Waals surface area contributed by atoms with Crippen LogP contribution in [0.4, 0.5) is 13.8 Å². The molecule has 0 aliphatic heterocycles. The predicted molar refractivity (Wildman–Crippen MR) is 115 cm³/mol. The molecule has 3 N–H and O–H groups in total. The Kier molecular flexibility index (Phi) is 7.12. The van der Waals surface area contributed by atoms with Crippen molar-refractivity contribution in [1.82, 2.24) is 0 Å². The van der Waals surface area contributed by atoms with E-state index in [1.807, 2.05) is 0 Å². The lowest BCUT2D eigenvalue weighted by atomic mass is 10.1. The molecule has 0 atom stereocenters. The molecule has 8 nitrogen and oxygen atoms in total. The van der Waals surface area contributed by atoms with Crippen molar-refractivity contribution in [2.24, 2.45) is 5.73 Å². The van der Waals surface area contributed by atoms with Gasteiger partial charge >= 0.3 is 5.97 Å². The molecule has 0 unspecified atom stereocenters. The number of furan rings is 1. The molecule has 2 heterocycles. The van der Waals surface area contributed by atoms with Crippen LogP contribution in [0.15, 0.2) is 34.7 Å². The lowest BCUT2D eigenvalue weighted by Crippen LogP contribution is -2.17. The molecule has 0 spiro atoms. The lowest BCUT2D eigenvalue weighted by molar-refractivity contribution is 0.0379. The zero-order valence-electron chi connectivity index (χ0n) is 17.9. The average Bonchev–Trinajstić information content (AvgIpc) is 3.31. The lowest BCUT2D eigenvalue weighted by Gasteiger charge is -2.10. The summed E-state index contributed by atoms with van der Waals surface area (Å²) in [4.78, 5) is 37.0. The van der Waals surface area contributed by atoms with Crippen LogP contribution in [-0.4, -0.2) is 23.9 Å². The summed E-state index contributed by atoms with van der Waals surface area (Å²) in [5.74, 6) is -3.88. The van der Waals surface area contributed by atoms with Gasteiger partial charge in [0.1, 0.15) is 23.2 Å². The molecule has 0 saturated carbocycles. The van der Waals surface area contributed by atoms with Gasteiger partial charge < -0.3 is 24.9 Å². The van der Waals surface area contributed by atoms with Gasteiger partial charge in [-0.25, -0.2) is 13.6 Å². The SMILES string of the molecule is Cc1c(C(N)=O)sc(NC(=O)c2ccc(COc3ccc(F)cc3F)o2)c1C(=O)OC(C)C. The van der Waals surface area contributed by atoms with Crippen LogP contribution in [0.5, 0.6) is 5.75 Å². The zero-order valence-corrected chi connectivity index (χ0v) is 18.7. The zero-order chi connectivity index (χ0) is 24.3. The maximum atomic E-state index is 13.7. The molecule has 0 aliphatic carbocycles. The second kappa shape index (κ2) is 9.82. The number of carbonyl (C=O) groups excluding carboxylic acids is 3. The van der Waals surface area contributed by atoms with Gasteiger partial charge in [-0.05, 0) is 50.6 Å². The summed E-state index contributed by atoms with van der Waals surface area (Å²) in [6.07, 6.45) is -0.420. The first-order valence-corrected chi connectivity index (χ1v) is 10.5. The fourth-order valence-corrected chi connectivity index (χ4v) is 3.88. The fourth-order valence-electron chi connectivity index (χ4n) is 2.84. The number of nitrogens with two attached hydrogens (primary N) is 1.